The number of rotatable bonds is 8. The second kappa shape index (κ2) is 8.50. The largest absolute Gasteiger partial charge is 0.343 e. The van der Waals surface area contributed by atoms with E-state index in [1.165, 1.54) is 4.31 Å². The lowest BCUT2D eigenvalue weighted by Gasteiger charge is -2.23. The van der Waals surface area contributed by atoms with Gasteiger partial charge in [-0.1, -0.05) is 23.7 Å². The third-order valence-corrected chi connectivity index (χ3v) is 4.93. The van der Waals surface area contributed by atoms with E-state index in [9.17, 15) is 13.2 Å². The molecule has 0 spiro atoms. The summed E-state index contributed by atoms with van der Waals surface area (Å²) in [4.78, 5) is 13.7. The van der Waals surface area contributed by atoms with Gasteiger partial charge in [0.1, 0.15) is 0 Å². The molecule has 1 aromatic rings. The highest BCUT2D eigenvalue weighted by molar-refractivity contribution is 7.88. The number of carbonyl (C=O) groups excluding carboxylic acids is 1. The molecule has 0 aromatic heterocycles. The van der Waals surface area contributed by atoms with E-state index >= 15 is 0 Å². The van der Waals surface area contributed by atoms with Crippen LogP contribution < -0.4 is 0 Å². The van der Waals surface area contributed by atoms with Crippen LogP contribution in [0.2, 0.25) is 5.02 Å². The maximum absolute atomic E-state index is 12.0. The molecule has 1 rings (SSSR count). The number of hydrogen-bond donors (Lipinski definition) is 0. The summed E-state index contributed by atoms with van der Waals surface area (Å²) < 4.78 is 25.1. The summed E-state index contributed by atoms with van der Waals surface area (Å²) in [7, 11) is -3.38. The molecule has 7 heteroatoms. The highest BCUT2D eigenvalue weighted by Crippen LogP contribution is 2.13. The fourth-order valence-electron chi connectivity index (χ4n) is 2.11. The molecule has 1 aromatic carbocycles. The zero-order valence-corrected chi connectivity index (χ0v) is 14.8. The summed E-state index contributed by atoms with van der Waals surface area (Å²) in [6.45, 7) is 5.49. The smallest absolute Gasteiger partial charge is 0.223 e. The van der Waals surface area contributed by atoms with Gasteiger partial charge in [0, 0.05) is 37.6 Å². The first kappa shape index (κ1) is 18.9. The van der Waals surface area contributed by atoms with E-state index in [2.05, 4.69) is 0 Å². The van der Waals surface area contributed by atoms with Crippen LogP contribution in [0.5, 0.6) is 0 Å². The number of benzene rings is 1. The molecular weight excluding hydrogens is 324 g/mol. The minimum absolute atomic E-state index is 0.0326. The first-order chi connectivity index (χ1) is 10.3. The highest BCUT2D eigenvalue weighted by atomic mass is 35.5. The summed E-state index contributed by atoms with van der Waals surface area (Å²) in [5.74, 6) is -0.0326. The third kappa shape index (κ3) is 5.94. The van der Waals surface area contributed by atoms with Crippen molar-refractivity contribution in [3.8, 4) is 0 Å². The zero-order valence-electron chi connectivity index (χ0n) is 13.3. The number of halogens is 1. The summed E-state index contributed by atoms with van der Waals surface area (Å²) in [6, 6.07) is 7.01. The van der Waals surface area contributed by atoms with Crippen molar-refractivity contribution in [2.24, 2.45) is 0 Å². The third-order valence-electron chi connectivity index (χ3n) is 3.43. The van der Waals surface area contributed by atoms with Gasteiger partial charge < -0.3 is 4.90 Å². The molecule has 0 heterocycles. The second-order valence-electron chi connectivity index (χ2n) is 5.04. The summed E-state index contributed by atoms with van der Waals surface area (Å²) in [6.07, 6.45) is 1.34. The van der Waals surface area contributed by atoms with Crippen LogP contribution in [0.15, 0.2) is 24.3 Å². The molecule has 0 aliphatic rings. The predicted molar refractivity (Wildman–Crippen MR) is 89.3 cm³/mol. The van der Waals surface area contributed by atoms with E-state index in [0.29, 0.717) is 18.1 Å². The van der Waals surface area contributed by atoms with Gasteiger partial charge in [0.15, 0.2) is 0 Å². The number of carbonyl (C=O) groups is 1. The Labute approximate surface area is 137 Å². The second-order valence-corrected chi connectivity index (χ2v) is 7.46. The Kier molecular flexibility index (Phi) is 7.32. The van der Waals surface area contributed by atoms with Crippen LogP contribution in [0.4, 0.5) is 0 Å². The van der Waals surface area contributed by atoms with E-state index in [0.717, 1.165) is 11.8 Å². The van der Waals surface area contributed by atoms with Gasteiger partial charge in [-0.2, -0.15) is 4.31 Å². The molecule has 0 aliphatic heterocycles. The Balaban J connectivity index is 2.74. The van der Waals surface area contributed by atoms with E-state index in [1.807, 2.05) is 13.8 Å². The Hall–Kier alpha value is -1.11. The van der Waals surface area contributed by atoms with Crippen LogP contribution in [0.3, 0.4) is 0 Å². The van der Waals surface area contributed by atoms with Crippen LogP contribution in [0.1, 0.15) is 25.8 Å². The number of hydrogen-bond acceptors (Lipinski definition) is 3. The zero-order chi connectivity index (χ0) is 16.8. The van der Waals surface area contributed by atoms with E-state index in [4.69, 9.17) is 11.6 Å². The Morgan fingerprint density at radius 1 is 1.14 bits per heavy atom. The highest BCUT2D eigenvalue weighted by Gasteiger charge is 2.19. The minimum atomic E-state index is -3.38. The van der Waals surface area contributed by atoms with Crippen molar-refractivity contribution < 1.29 is 13.2 Å². The van der Waals surface area contributed by atoms with Crippen molar-refractivity contribution in [3.63, 3.8) is 0 Å². The quantitative estimate of drug-likeness (QED) is 0.726. The lowest BCUT2D eigenvalue weighted by Crippen LogP contribution is -2.36. The lowest BCUT2D eigenvalue weighted by atomic mass is 10.2. The fourth-order valence-corrected chi connectivity index (χ4v) is 3.04. The van der Waals surface area contributed by atoms with Crippen molar-refractivity contribution in [2.75, 3.05) is 25.9 Å². The standard InChI is InChI=1S/C15H23ClN2O3S/c1-4-17(5-2)15(19)10-11-18(22(3,20)21)12-13-6-8-14(16)9-7-13/h6-9H,4-5,10-12H2,1-3H3. The molecule has 5 nitrogen and oxygen atoms in total. The van der Waals surface area contributed by atoms with Crippen molar-refractivity contribution >= 4 is 27.5 Å². The van der Waals surface area contributed by atoms with Gasteiger partial charge in [0.05, 0.1) is 6.26 Å². The normalized spacial score (nSPS) is 11.7. The Morgan fingerprint density at radius 3 is 2.14 bits per heavy atom. The van der Waals surface area contributed by atoms with E-state index in [-0.39, 0.29) is 25.4 Å². The Morgan fingerprint density at radius 2 is 1.68 bits per heavy atom. The summed E-state index contributed by atoms with van der Waals surface area (Å²) in [5.41, 5.74) is 0.838. The van der Waals surface area contributed by atoms with Crippen molar-refractivity contribution in [1.82, 2.24) is 9.21 Å². The summed E-state index contributed by atoms with van der Waals surface area (Å²) in [5, 5.41) is 0.603. The van der Waals surface area contributed by atoms with Crippen molar-refractivity contribution in [1.29, 1.82) is 0 Å². The molecule has 124 valence electrons. The van der Waals surface area contributed by atoms with Gasteiger partial charge in [-0.05, 0) is 31.5 Å². The average molecular weight is 347 g/mol. The predicted octanol–water partition coefficient (Wildman–Crippen LogP) is 2.36. The first-order valence-electron chi connectivity index (χ1n) is 7.25. The molecule has 0 radical (unpaired) electrons. The molecule has 0 fully saturated rings. The van der Waals surface area contributed by atoms with Gasteiger partial charge >= 0.3 is 0 Å². The van der Waals surface area contributed by atoms with Gasteiger partial charge in [0.25, 0.3) is 0 Å². The molecule has 0 bridgehead atoms. The molecule has 0 unspecified atom stereocenters. The van der Waals surface area contributed by atoms with Crippen molar-refractivity contribution in [3.05, 3.63) is 34.9 Å². The van der Waals surface area contributed by atoms with Crippen LogP contribution in [-0.4, -0.2) is 49.4 Å². The van der Waals surface area contributed by atoms with Crippen LogP contribution in [0, 0.1) is 0 Å². The van der Waals surface area contributed by atoms with Crippen molar-refractivity contribution in [2.45, 2.75) is 26.8 Å². The average Bonchev–Trinajstić information content (AvgIpc) is 2.45. The monoisotopic (exact) mass is 346 g/mol. The molecular formula is C15H23ClN2O3S. The first-order valence-corrected chi connectivity index (χ1v) is 9.47. The van der Waals surface area contributed by atoms with Crippen LogP contribution in [-0.2, 0) is 21.4 Å². The molecule has 0 aliphatic carbocycles. The van der Waals surface area contributed by atoms with Gasteiger partial charge in [0.2, 0.25) is 15.9 Å². The SMILES string of the molecule is CCN(CC)C(=O)CCN(Cc1ccc(Cl)cc1)S(C)(=O)=O. The van der Waals surface area contributed by atoms with Gasteiger partial charge in [-0.25, -0.2) is 8.42 Å². The lowest BCUT2D eigenvalue weighted by molar-refractivity contribution is -0.130. The van der Waals surface area contributed by atoms with E-state index < -0.39 is 10.0 Å². The molecule has 0 N–H and O–H groups in total. The fraction of sp³-hybridized carbons (Fsp3) is 0.533. The maximum atomic E-state index is 12.0. The number of amides is 1. The van der Waals surface area contributed by atoms with Crippen LogP contribution in [0.25, 0.3) is 0 Å². The molecule has 1 amide bonds. The topological polar surface area (TPSA) is 57.7 Å². The summed E-state index contributed by atoms with van der Waals surface area (Å²) >= 11 is 5.83. The minimum Gasteiger partial charge on any atom is -0.343 e. The van der Waals surface area contributed by atoms with Gasteiger partial charge in [-0.3, -0.25) is 4.79 Å². The Bertz CT molecular complexity index is 583. The molecule has 0 atom stereocenters. The van der Waals surface area contributed by atoms with Gasteiger partial charge in [-0.15, -0.1) is 0 Å². The molecule has 0 saturated carbocycles. The van der Waals surface area contributed by atoms with E-state index in [1.54, 1.807) is 29.2 Å². The number of nitrogens with zero attached hydrogens (tertiary/aromatic N) is 2. The van der Waals surface area contributed by atoms with Crippen LogP contribution >= 0.6 is 11.6 Å². The number of sulfonamides is 1. The molecule has 0 saturated heterocycles. The molecule has 22 heavy (non-hydrogen) atoms. The maximum Gasteiger partial charge on any atom is 0.223 e.